The highest BCUT2D eigenvalue weighted by atomic mass is 127. The summed E-state index contributed by atoms with van der Waals surface area (Å²) < 4.78 is 11.4. The molecule has 1 aromatic carbocycles. The molecule has 8 heteroatoms. The zero-order chi connectivity index (χ0) is 23.9. The summed E-state index contributed by atoms with van der Waals surface area (Å²) in [6.45, 7) is 1.99. The van der Waals surface area contributed by atoms with E-state index in [0.717, 1.165) is 44.9 Å². The van der Waals surface area contributed by atoms with Gasteiger partial charge in [-0.3, -0.25) is 14.7 Å². The largest absolute Gasteiger partial charge is 0.481 e. The van der Waals surface area contributed by atoms with Crippen molar-refractivity contribution in [2.75, 3.05) is 13.2 Å². The Kier molecular flexibility index (Phi) is 9.33. The van der Waals surface area contributed by atoms with E-state index in [1.54, 1.807) is 6.92 Å². The molecule has 1 amide bonds. The first-order valence-electron chi connectivity index (χ1n) is 12.4. The third-order valence-electron chi connectivity index (χ3n) is 6.55. The van der Waals surface area contributed by atoms with E-state index in [1.165, 1.54) is 50.3 Å². The maximum Gasteiger partial charge on any atom is 0.344 e. The second-order valence-corrected chi connectivity index (χ2v) is 11.2. The Balaban J connectivity index is 1.52. The van der Waals surface area contributed by atoms with Gasteiger partial charge in [0.1, 0.15) is 5.75 Å². The highest BCUT2D eigenvalue weighted by Crippen LogP contribution is 2.38. The summed E-state index contributed by atoms with van der Waals surface area (Å²) >= 11 is 3.72. The van der Waals surface area contributed by atoms with Crippen LogP contribution < -0.4 is 4.74 Å². The van der Waals surface area contributed by atoms with Gasteiger partial charge in [-0.05, 0) is 90.7 Å². The third-order valence-corrected chi connectivity index (χ3v) is 8.39. The molecule has 1 saturated heterocycles. The molecule has 3 fully saturated rings. The van der Waals surface area contributed by atoms with E-state index in [2.05, 4.69) is 22.6 Å². The monoisotopic (exact) mass is 596 g/mol. The van der Waals surface area contributed by atoms with Gasteiger partial charge in [-0.1, -0.05) is 44.6 Å². The van der Waals surface area contributed by atoms with Crippen LogP contribution in [0.25, 0.3) is 6.08 Å². The maximum atomic E-state index is 13.5. The van der Waals surface area contributed by atoms with Gasteiger partial charge in [-0.25, -0.2) is 4.79 Å². The summed E-state index contributed by atoms with van der Waals surface area (Å²) in [7, 11) is 0. The van der Waals surface area contributed by atoms with Crippen molar-refractivity contribution in [2.24, 2.45) is 4.99 Å². The Labute approximate surface area is 220 Å². The number of hydrogen-bond acceptors (Lipinski definition) is 6. The Bertz CT molecular complexity index is 952. The molecule has 0 bridgehead atoms. The summed E-state index contributed by atoms with van der Waals surface area (Å²) in [5.74, 6) is 0.332. The van der Waals surface area contributed by atoms with Gasteiger partial charge in [0, 0.05) is 6.04 Å². The van der Waals surface area contributed by atoms with Crippen molar-refractivity contribution < 1.29 is 19.1 Å². The molecule has 6 nitrogen and oxygen atoms in total. The number of nitrogens with zero attached hydrogens (tertiary/aromatic N) is 2. The molecule has 34 heavy (non-hydrogen) atoms. The molecule has 2 saturated carbocycles. The second-order valence-electron chi connectivity index (χ2n) is 9.06. The Morgan fingerprint density at radius 1 is 1.15 bits per heavy atom. The predicted octanol–water partition coefficient (Wildman–Crippen LogP) is 6.17. The fourth-order valence-electron chi connectivity index (χ4n) is 4.82. The minimum Gasteiger partial charge on any atom is -0.481 e. The number of thioether (sulfide) groups is 1. The number of rotatable bonds is 7. The van der Waals surface area contributed by atoms with Crippen LogP contribution in [0, 0.1) is 3.57 Å². The van der Waals surface area contributed by atoms with Gasteiger partial charge in [0.2, 0.25) is 0 Å². The highest BCUT2D eigenvalue weighted by Gasteiger charge is 2.39. The minimum atomic E-state index is -0.384. The van der Waals surface area contributed by atoms with E-state index >= 15 is 0 Å². The zero-order valence-electron chi connectivity index (χ0n) is 19.8. The normalized spacial score (nSPS) is 22.5. The fraction of sp³-hybridized carbons (Fsp3) is 0.577. The van der Waals surface area contributed by atoms with Crippen LogP contribution in [0.3, 0.4) is 0 Å². The van der Waals surface area contributed by atoms with Gasteiger partial charge in [-0.2, -0.15) is 0 Å². The molecule has 0 atom stereocenters. The predicted molar refractivity (Wildman–Crippen MR) is 145 cm³/mol. The van der Waals surface area contributed by atoms with Gasteiger partial charge in [-0.15, -0.1) is 0 Å². The molecule has 1 aromatic rings. The first-order chi connectivity index (χ1) is 16.5. The van der Waals surface area contributed by atoms with Crippen LogP contribution in [-0.2, 0) is 14.3 Å². The molecule has 1 heterocycles. The molecule has 4 rings (SSSR count). The molecule has 0 radical (unpaired) electrons. The van der Waals surface area contributed by atoms with Crippen LogP contribution in [0.4, 0.5) is 0 Å². The summed E-state index contributed by atoms with van der Waals surface area (Å²) in [6, 6.07) is 6.34. The molecule has 0 spiro atoms. The van der Waals surface area contributed by atoms with Crippen molar-refractivity contribution in [3.63, 3.8) is 0 Å². The number of carbonyl (C=O) groups excluding carboxylic acids is 2. The topological polar surface area (TPSA) is 68.2 Å². The van der Waals surface area contributed by atoms with Crippen LogP contribution in [0.1, 0.15) is 76.7 Å². The molecule has 0 unspecified atom stereocenters. The first kappa shape index (κ1) is 25.5. The second kappa shape index (κ2) is 12.4. The van der Waals surface area contributed by atoms with Crippen LogP contribution in [0.2, 0.25) is 0 Å². The van der Waals surface area contributed by atoms with Crippen molar-refractivity contribution in [1.82, 2.24) is 4.90 Å². The lowest BCUT2D eigenvalue weighted by atomic mass is 9.94. The van der Waals surface area contributed by atoms with Gasteiger partial charge in [0.05, 0.1) is 21.1 Å². The van der Waals surface area contributed by atoms with Crippen molar-refractivity contribution in [1.29, 1.82) is 0 Å². The quantitative estimate of drug-likeness (QED) is 0.214. The van der Waals surface area contributed by atoms with Gasteiger partial charge in [0.25, 0.3) is 5.91 Å². The lowest BCUT2D eigenvalue weighted by Gasteiger charge is -2.31. The standard InChI is InChI=1S/C26H33IN2O4S/c1-2-32-24(30)17-33-22-14-13-18(15-21(22)27)16-23-25(31)29(20-11-7-4-8-12-20)26(34-23)28-19-9-5-3-6-10-19/h13-16,19-20H,2-12,17H2,1H3. The molecule has 3 aliphatic rings. The molecule has 0 aromatic heterocycles. The van der Waals surface area contributed by atoms with E-state index in [0.29, 0.717) is 18.4 Å². The lowest BCUT2D eigenvalue weighted by Crippen LogP contribution is -2.41. The van der Waals surface area contributed by atoms with Gasteiger partial charge in [0.15, 0.2) is 11.8 Å². The number of esters is 1. The van der Waals surface area contributed by atoms with E-state index in [1.807, 2.05) is 29.2 Å². The van der Waals surface area contributed by atoms with Gasteiger partial charge < -0.3 is 9.47 Å². The number of halogens is 1. The molecular weight excluding hydrogens is 563 g/mol. The average molecular weight is 597 g/mol. The number of amidine groups is 1. The fourth-order valence-corrected chi connectivity index (χ4v) is 6.62. The van der Waals surface area contributed by atoms with E-state index in [9.17, 15) is 9.59 Å². The Morgan fingerprint density at radius 3 is 2.53 bits per heavy atom. The number of aliphatic imine (C=N–C) groups is 1. The number of hydrogen-bond donors (Lipinski definition) is 0. The maximum absolute atomic E-state index is 13.5. The molecule has 2 aliphatic carbocycles. The molecule has 0 N–H and O–H groups in total. The first-order valence-corrected chi connectivity index (χ1v) is 14.3. The van der Waals surface area contributed by atoms with Crippen molar-refractivity contribution in [3.05, 3.63) is 32.2 Å². The highest BCUT2D eigenvalue weighted by molar-refractivity contribution is 14.1. The Morgan fingerprint density at radius 2 is 1.85 bits per heavy atom. The Hall–Kier alpha value is -1.55. The zero-order valence-corrected chi connectivity index (χ0v) is 22.7. The SMILES string of the molecule is CCOC(=O)COc1ccc(C=C2SC(=NC3CCCCC3)N(C3CCCCC3)C2=O)cc1I. The molecule has 184 valence electrons. The number of ether oxygens (including phenoxy) is 2. The third kappa shape index (κ3) is 6.56. The van der Waals surface area contributed by atoms with E-state index in [4.69, 9.17) is 14.5 Å². The summed E-state index contributed by atoms with van der Waals surface area (Å²) in [5.41, 5.74) is 0.936. The summed E-state index contributed by atoms with van der Waals surface area (Å²) in [5, 5.41) is 0.902. The van der Waals surface area contributed by atoms with Crippen molar-refractivity contribution in [3.8, 4) is 5.75 Å². The van der Waals surface area contributed by atoms with Crippen LogP contribution in [0.5, 0.6) is 5.75 Å². The molecule has 1 aliphatic heterocycles. The van der Waals surface area contributed by atoms with Crippen molar-refractivity contribution >= 4 is 57.5 Å². The number of carbonyl (C=O) groups is 2. The van der Waals surface area contributed by atoms with Crippen LogP contribution in [0.15, 0.2) is 28.1 Å². The van der Waals surface area contributed by atoms with Crippen molar-refractivity contribution in [2.45, 2.75) is 83.2 Å². The summed E-state index contributed by atoms with van der Waals surface area (Å²) in [6.07, 6.45) is 13.7. The minimum absolute atomic E-state index is 0.0871. The van der Waals surface area contributed by atoms with Crippen LogP contribution >= 0.6 is 34.4 Å². The van der Waals surface area contributed by atoms with E-state index < -0.39 is 0 Å². The van der Waals surface area contributed by atoms with Crippen LogP contribution in [-0.4, -0.2) is 47.2 Å². The molecular formula is C26H33IN2O4S. The number of benzene rings is 1. The summed E-state index contributed by atoms with van der Waals surface area (Å²) in [4.78, 5) is 32.9. The van der Waals surface area contributed by atoms with Gasteiger partial charge >= 0.3 is 5.97 Å². The average Bonchev–Trinajstić information content (AvgIpc) is 3.14. The van der Waals surface area contributed by atoms with E-state index in [-0.39, 0.29) is 24.5 Å². The lowest BCUT2D eigenvalue weighted by molar-refractivity contribution is -0.145. The number of amides is 1. The smallest absolute Gasteiger partial charge is 0.344 e.